The van der Waals surface area contributed by atoms with Crippen LogP contribution in [0.2, 0.25) is 0 Å². The van der Waals surface area contributed by atoms with Crippen molar-refractivity contribution in [3.8, 4) is 5.75 Å². The number of aromatic carboxylic acids is 1. The van der Waals surface area contributed by atoms with Gasteiger partial charge in [0.2, 0.25) is 0 Å². The fraction of sp³-hybridized carbons (Fsp3) is 0.214. The highest BCUT2D eigenvalue weighted by Gasteiger charge is 2.07. The maximum atomic E-state index is 11.8. The number of carbonyl (C=O) groups is 2. The van der Waals surface area contributed by atoms with E-state index in [1.165, 1.54) is 16.7 Å². The molecule has 0 unspecified atom stereocenters. The second-order valence-corrected chi connectivity index (χ2v) is 4.54. The number of ether oxygens (including phenoxy) is 1. The largest absolute Gasteiger partial charge is 0.493 e. The summed E-state index contributed by atoms with van der Waals surface area (Å²) in [5, 5.41) is 11.4. The molecule has 0 spiro atoms. The van der Waals surface area contributed by atoms with Crippen molar-refractivity contribution in [2.45, 2.75) is 6.42 Å². The van der Waals surface area contributed by atoms with Crippen LogP contribution in [0.4, 0.5) is 4.79 Å². The van der Waals surface area contributed by atoms with Crippen molar-refractivity contribution in [1.29, 1.82) is 0 Å². The zero-order valence-electron chi connectivity index (χ0n) is 11.6. The Morgan fingerprint density at radius 2 is 2.09 bits per heavy atom. The van der Waals surface area contributed by atoms with Gasteiger partial charge in [0.1, 0.15) is 5.75 Å². The van der Waals surface area contributed by atoms with Crippen LogP contribution >= 0.6 is 0 Å². The monoisotopic (exact) mass is 300 g/mol. The average Bonchev–Trinajstić information content (AvgIpc) is 2.46. The van der Waals surface area contributed by atoms with Crippen molar-refractivity contribution in [2.75, 3.05) is 13.2 Å². The number of aromatic nitrogens is 1. The van der Waals surface area contributed by atoms with Crippen LogP contribution in [0.1, 0.15) is 16.8 Å². The highest BCUT2D eigenvalue weighted by Crippen LogP contribution is 2.14. The number of rotatable bonds is 6. The molecule has 0 atom stereocenters. The molecule has 112 valence electrons. The third-order valence-electron chi connectivity index (χ3n) is 2.91. The summed E-state index contributed by atoms with van der Waals surface area (Å²) in [5.74, 6) is -1.25. The van der Waals surface area contributed by atoms with Crippen LogP contribution in [0.25, 0.3) is 5.52 Å². The molecule has 2 N–H and O–H groups in total. The number of hydrogen-bond donors (Lipinski definition) is 2. The molecule has 2 rings (SSSR count). The van der Waals surface area contributed by atoms with Crippen LogP contribution in [0.5, 0.6) is 5.75 Å². The summed E-state index contributed by atoms with van der Waals surface area (Å²) in [6, 6.07) is 5.64. The van der Waals surface area contributed by atoms with E-state index in [0.29, 0.717) is 30.8 Å². The molecule has 8 heteroatoms. The van der Waals surface area contributed by atoms with Crippen molar-refractivity contribution < 1.29 is 19.4 Å². The van der Waals surface area contributed by atoms with Gasteiger partial charge in [-0.1, -0.05) is 0 Å². The Bertz CT molecular complexity index is 771. The minimum absolute atomic E-state index is 0.0761. The smallest absolute Gasteiger partial charge is 0.335 e. The van der Waals surface area contributed by atoms with E-state index in [2.05, 4.69) is 5.32 Å². The normalized spacial score (nSPS) is 10.4. The minimum atomic E-state index is -1.16. The highest BCUT2D eigenvalue weighted by molar-refractivity contribution is 6.57. The molecule has 0 saturated carbocycles. The Labute approximate surface area is 126 Å². The number of amides is 1. The quantitative estimate of drug-likeness (QED) is 0.603. The minimum Gasteiger partial charge on any atom is -0.493 e. The maximum absolute atomic E-state index is 11.8. The van der Waals surface area contributed by atoms with Gasteiger partial charge in [-0.3, -0.25) is 14.0 Å². The van der Waals surface area contributed by atoms with Crippen molar-refractivity contribution in [3.05, 3.63) is 46.4 Å². The Hall–Kier alpha value is -2.77. The lowest BCUT2D eigenvalue weighted by molar-refractivity contribution is 0.0696. The molecular weight excluding hydrogens is 287 g/mol. The predicted octanol–water partition coefficient (Wildman–Crippen LogP) is 0.645. The van der Waals surface area contributed by atoms with Crippen molar-refractivity contribution >= 4 is 25.1 Å². The fourth-order valence-corrected chi connectivity index (χ4v) is 1.90. The molecule has 0 aromatic carbocycles. The number of nitrogens with one attached hydrogen (secondary N) is 1. The molecular formula is C14H13BN2O5. The van der Waals surface area contributed by atoms with E-state index in [1.54, 1.807) is 12.1 Å². The van der Waals surface area contributed by atoms with Crippen LogP contribution in [-0.2, 0) is 0 Å². The van der Waals surface area contributed by atoms with Crippen LogP contribution in [0.3, 0.4) is 0 Å². The summed E-state index contributed by atoms with van der Waals surface area (Å²) in [5.41, 5.74) is -0.0717. The number of carboxylic acids is 1. The van der Waals surface area contributed by atoms with Gasteiger partial charge < -0.3 is 15.2 Å². The third-order valence-corrected chi connectivity index (χ3v) is 2.91. The van der Waals surface area contributed by atoms with Gasteiger partial charge in [-0.15, -0.1) is 0 Å². The molecule has 0 saturated heterocycles. The molecule has 0 aliphatic heterocycles. The summed E-state index contributed by atoms with van der Waals surface area (Å²) in [6.45, 7) is 0.741. The summed E-state index contributed by atoms with van der Waals surface area (Å²) in [4.78, 5) is 33.2. The van der Waals surface area contributed by atoms with Crippen molar-refractivity contribution in [2.24, 2.45) is 0 Å². The first-order valence-corrected chi connectivity index (χ1v) is 6.53. The molecule has 2 radical (unpaired) electrons. The molecule has 0 aliphatic rings. The topological polar surface area (TPSA) is 97.1 Å². The molecule has 0 fully saturated rings. The first kappa shape index (κ1) is 15.6. The van der Waals surface area contributed by atoms with E-state index in [0.717, 1.165) is 6.07 Å². The van der Waals surface area contributed by atoms with Gasteiger partial charge in [0.15, 0.2) is 13.7 Å². The van der Waals surface area contributed by atoms with E-state index >= 15 is 0 Å². The Morgan fingerprint density at radius 1 is 1.32 bits per heavy atom. The second-order valence-electron chi connectivity index (χ2n) is 4.54. The zero-order valence-corrected chi connectivity index (χ0v) is 11.6. The Kier molecular flexibility index (Phi) is 4.82. The van der Waals surface area contributed by atoms with Gasteiger partial charge in [-0.2, -0.15) is 0 Å². The van der Waals surface area contributed by atoms with E-state index < -0.39 is 17.3 Å². The van der Waals surface area contributed by atoms with Gasteiger partial charge in [-0.05, 0) is 18.6 Å². The van der Waals surface area contributed by atoms with Crippen LogP contribution < -0.4 is 15.6 Å². The first-order chi connectivity index (χ1) is 10.5. The van der Waals surface area contributed by atoms with Gasteiger partial charge in [0.05, 0.1) is 17.7 Å². The number of fused-ring (bicyclic) bond motifs is 1. The van der Waals surface area contributed by atoms with Gasteiger partial charge >= 0.3 is 5.97 Å². The average molecular weight is 300 g/mol. The lowest BCUT2D eigenvalue weighted by atomic mass is 10.1. The highest BCUT2D eigenvalue weighted by atomic mass is 16.5. The number of carbonyl (C=O) groups excluding carboxylic acids is 1. The lowest BCUT2D eigenvalue weighted by Crippen LogP contribution is -2.23. The van der Waals surface area contributed by atoms with E-state index in [-0.39, 0.29) is 5.56 Å². The molecule has 22 heavy (non-hydrogen) atoms. The Morgan fingerprint density at radius 3 is 2.77 bits per heavy atom. The van der Waals surface area contributed by atoms with E-state index in [4.69, 9.17) is 17.7 Å². The predicted molar refractivity (Wildman–Crippen MR) is 79.9 cm³/mol. The maximum Gasteiger partial charge on any atom is 0.335 e. The summed E-state index contributed by atoms with van der Waals surface area (Å²) in [6.07, 6.45) is 2.08. The standard InChI is InChI=1S/C14H13BN2O5/c15-14(21)16-3-1-5-22-11-2-4-17-10(8-11)6-9(13(19)20)7-12(17)18/h2,4,6-8H,1,3,5H2,(H,16,21)(H,19,20). The van der Waals surface area contributed by atoms with E-state index in [9.17, 15) is 14.4 Å². The zero-order chi connectivity index (χ0) is 16.1. The molecule has 2 aromatic rings. The molecule has 2 heterocycles. The number of hydrogen-bond acceptors (Lipinski definition) is 4. The Balaban J connectivity index is 2.10. The van der Waals surface area contributed by atoms with Gasteiger partial charge in [0, 0.05) is 24.9 Å². The third kappa shape index (κ3) is 3.88. The SMILES string of the molecule is [B]C(=O)NCCCOc1ccn2c(=O)cc(C(=O)O)cc2c1. The van der Waals surface area contributed by atoms with Crippen LogP contribution in [-0.4, -0.2) is 42.3 Å². The van der Waals surface area contributed by atoms with Crippen molar-refractivity contribution in [3.63, 3.8) is 0 Å². The number of carboxylic acid groups (broad SMARTS) is 1. The summed E-state index contributed by atoms with van der Waals surface area (Å²) in [7, 11) is 4.93. The number of nitrogens with zero attached hydrogens (tertiary/aromatic N) is 1. The molecule has 2 aromatic heterocycles. The molecule has 0 bridgehead atoms. The van der Waals surface area contributed by atoms with Gasteiger partial charge in [0.25, 0.3) is 5.56 Å². The fourth-order valence-electron chi connectivity index (χ4n) is 1.90. The second kappa shape index (κ2) is 6.79. The van der Waals surface area contributed by atoms with Gasteiger partial charge in [-0.25, -0.2) is 4.79 Å². The van der Waals surface area contributed by atoms with Crippen molar-refractivity contribution in [1.82, 2.24) is 9.72 Å². The van der Waals surface area contributed by atoms with Crippen LogP contribution in [0, 0.1) is 0 Å². The molecule has 0 aliphatic carbocycles. The first-order valence-electron chi connectivity index (χ1n) is 6.53. The molecule has 7 nitrogen and oxygen atoms in total. The van der Waals surface area contributed by atoms with Crippen LogP contribution in [0.15, 0.2) is 35.3 Å². The summed E-state index contributed by atoms with van der Waals surface area (Å²) >= 11 is 0. The summed E-state index contributed by atoms with van der Waals surface area (Å²) < 4.78 is 6.81. The van der Waals surface area contributed by atoms with E-state index in [1.807, 2.05) is 0 Å². The molecule has 1 amide bonds. The number of pyridine rings is 2. The lowest BCUT2D eigenvalue weighted by Gasteiger charge is -2.08.